The molecule has 43 heteroatoms. The highest BCUT2D eigenvalue weighted by Gasteiger charge is 2.55. The van der Waals surface area contributed by atoms with Gasteiger partial charge in [0, 0.05) is 114 Å². The van der Waals surface area contributed by atoms with E-state index in [0.29, 0.717) is 0 Å². The van der Waals surface area contributed by atoms with Gasteiger partial charge >= 0.3 is 11.4 Å². The summed E-state index contributed by atoms with van der Waals surface area (Å²) in [7, 11) is 0. The Morgan fingerprint density at radius 3 is 1.53 bits per heavy atom. The van der Waals surface area contributed by atoms with Gasteiger partial charge in [0.05, 0.1) is 50.1 Å². The Hall–Kier alpha value is -7.93. The number of nitrogens with two attached hydrogens (primary N) is 7. The van der Waals surface area contributed by atoms with Crippen LogP contribution in [-0.2, 0) is 88.0 Å². The molecule has 0 radical (unpaired) electrons. The van der Waals surface area contributed by atoms with Crippen molar-refractivity contribution < 1.29 is 92.6 Å². The molecule has 43 nitrogen and oxygen atoms in total. The first-order chi connectivity index (χ1) is 46.8. The first kappa shape index (κ1) is 78.4. The fourth-order valence-electron chi connectivity index (χ4n) is 11.4. The number of aryl methyl sites for hydroxylation is 3. The topological polar surface area (TPSA) is 665 Å². The van der Waals surface area contributed by atoms with Crippen LogP contribution in [0.5, 0.6) is 0 Å². The molecule has 19 atom stereocenters. The molecule has 0 spiro atoms. The van der Waals surface area contributed by atoms with E-state index >= 15 is 0 Å². The lowest BCUT2D eigenvalue weighted by atomic mass is 9.84. The van der Waals surface area contributed by atoms with Gasteiger partial charge in [0.1, 0.15) is 80.2 Å². The zero-order valence-corrected chi connectivity index (χ0v) is 54.5. The van der Waals surface area contributed by atoms with E-state index in [2.05, 4.69) is 36.2 Å². The summed E-state index contributed by atoms with van der Waals surface area (Å²) >= 11 is 0. The molecule has 4 fully saturated rings. The number of nitrogens with one attached hydrogen (secondary N) is 5. The summed E-state index contributed by atoms with van der Waals surface area (Å²) in [6.07, 6.45) is -18.9. The fraction of sp³-hybridized carbons (Fsp3) is 0.696. The normalized spacial score (nSPS) is 29.1. The number of aromatic nitrogens is 7. The Kier molecular flexibility index (Phi) is 28.0. The molecule has 0 unspecified atom stereocenters. The molecule has 4 aliphatic rings. The zero-order chi connectivity index (χ0) is 72.9. The minimum absolute atomic E-state index is 0.0264. The molecule has 7 amide bonds. The Labute approximate surface area is 562 Å². The molecule has 1 aliphatic carbocycles. The van der Waals surface area contributed by atoms with E-state index in [0.717, 1.165) is 36.2 Å². The van der Waals surface area contributed by atoms with Crippen LogP contribution in [0.2, 0.25) is 0 Å². The van der Waals surface area contributed by atoms with Crippen LogP contribution in [-0.4, -0.2) is 309 Å². The smallest absolute Gasteiger partial charge is 0.328 e. The maximum absolute atomic E-state index is 14.0. The predicted molar refractivity (Wildman–Crippen MR) is 335 cm³/mol. The summed E-state index contributed by atoms with van der Waals surface area (Å²) in [5.41, 5.74) is 39.4. The molecule has 25 N–H and O–H groups in total. The summed E-state index contributed by atoms with van der Waals surface area (Å²) in [6, 6.07) is -4.78. The van der Waals surface area contributed by atoms with Crippen molar-refractivity contribution in [3.05, 3.63) is 77.1 Å². The van der Waals surface area contributed by atoms with Crippen LogP contribution in [0.15, 0.2) is 37.8 Å². The predicted octanol–water partition coefficient (Wildman–Crippen LogP) is -14.6. The highest BCUT2D eigenvalue weighted by Crippen LogP contribution is 2.35. The van der Waals surface area contributed by atoms with Crippen LogP contribution < -0.4 is 78.6 Å². The van der Waals surface area contributed by atoms with Crippen molar-refractivity contribution in [1.29, 1.82) is 0 Å². The molecule has 3 aliphatic heterocycles. The van der Waals surface area contributed by atoms with E-state index < -0.39 is 213 Å². The number of aromatic amines is 2. The lowest BCUT2D eigenvalue weighted by Crippen LogP contribution is -2.68. The molecule has 99 heavy (non-hydrogen) atoms. The van der Waals surface area contributed by atoms with Gasteiger partial charge in [-0.1, -0.05) is 5.21 Å². The summed E-state index contributed by atoms with van der Waals surface area (Å²) in [5.74, 6) is -5.22. The van der Waals surface area contributed by atoms with Crippen LogP contribution in [0.4, 0.5) is 0 Å². The number of H-pyrrole nitrogens is 2. The molecule has 552 valence electrons. The van der Waals surface area contributed by atoms with Gasteiger partial charge in [-0.25, -0.2) is 14.3 Å². The lowest BCUT2D eigenvalue weighted by molar-refractivity contribution is -0.306. The number of amides is 7. The third kappa shape index (κ3) is 20.6. The second kappa shape index (κ2) is 35.4. The van der Waals surface area contributed by atoms with Gasteiger partial charge in [-0.3, -0.25) is 62.3 Å². The molecule has 1 saturated carbocycles. The van der Waals surface area contributed by atoms with Crippen LogP contribution in [0, 0.1) is 13.8 Å². The van der Waals surface area contributed by atoms with E-state index in [-0.39, 0.29) is 95.0 Å². The first-order valence-electron chi connectivity index (χ1n) is 31.6. The van der Waals surface area contributed by atoms with E-state index in [1.807, 2.05) is 0 Å². The second-order valence-electron chi connectivity index (χ2n) is 24.5. The Balaban J connectivity index is 1.01. The van der Waals surface area contributed by atoms with Gasteiger partial charge < -0.3 is 130 Å². The quantitative estimate of drug-likeness (QED) is 0.0276. The van der Waals surface area contributed by atoms with Crippen molar-refractivity contribution in [2.75, 3.05) is 72.0 Å². The molecule has 3 saturated heterocycles. The number of ether oxygens (including phenoxy) is 6. The molecular formula is C56H90N20O23. The van der Waals surface area contributed by atoms with Crippen LogP contribution in [0.3, 0.4) is 0 Å². The van der Waals surface area contributed by atoms with Crippen molar-refractivity contribution in [3.8, 4) is 0 Å². The Morgan fingerprint density at radius 1 is 0.586 bits per heavy atom. The average molecular weight is 1410 g/mol. The number of carbonyl (C=O) groups is 7. The number of aliphatic hydroxyl groups excluding tert-OH is 6. The van der Waals surface area contributed by atoms with Gasteiger partial charge in [-0.05, 0) is 20.3 Å². The number of aliphatic hydroxyl groups is 6. The number of carbonyl (C=O) groups excluding carboxylic acids is 7. The summed E-state index contributed by atoms with van der Waals surface area (Å²) in [6.45, 7) is -1.72. The van der Waals surface area contributed by atoms with Crippen LogP contribution in [0.25, 0.3) is 0 Å². The number of hydrogen-bond acceptors (Lipinski definition) is 31. The largest absolute Gasteiger partial charge is 0.389 e. The number of nitrogens with zero attached hydrogens (tertiary/aromatic N) is 8. The van der Waals surface area contributed by atoms with Crippen LogP contribution in [0.1, 0.15) is 36.6 Å². The molecule has 0 bridgehead atoms. The average Bonchev–Trinajstić information content (AvgIpc) is 1.75. The van der Waals surface area contributed by atoms with Crippen molar-refractivity contribution in [3.63, 3.8) is 0 Å². The third-order valence-electron chi connectivity index (χ3n) is 17.0. The van der Waals surface area contributed by atoms with Crippen molar-refractivity contribution in [2.45, 2.75) is 176 Å². The highest BCUT2D eigenvalue weighted by molar-refractivity contribution is 5.86. The van der Waals surface area contributed by atoms with Gasteiger partial charge in [0.25, 0.3) is 11.1 Å². The summed E-state index contributed by atoms with van der Waals surface area (Å²) in [5, 5.41) is 82.2. The van der Waals surface area contributed by atoms with Gasteiger partial charge in [-0.15, -0.1) is 5.10 Å². The van der Waals surface area contributed by atoms with Crippen LogP contribution >= 0.6 is 0 Å². The van der Waals surface area contributed by atoms with Gasteiger partial charge in [0.2, 0.25) is 41.4 Å². The number of hydrogen-bond donors (Lipinski definition) is 18. The molecule has 3 aromatic heterocycles. The lowest BCUT2D eigenvalue weighted by Gasteiger charge is -2.47. The summed E-state index contributed by atoms with van der Waals surface area (Å²) < 4.78 is 39.6. The fourth-order valence-corrected chi connectivity index (χ4v) is 11.4. The third-order valence-corrected chi connectivity index (χ3v) is 17.0. The molecule has 7 rings (SSSR count). The molecule has 0 aromatic carbocycles. The standard InChI is InChI=1S/C56H90N20O23/c1-24-15-74(55(92)67-50(24)90)22-37(82)71(19-33(61)78)10-7-65-35(80)21-73(38(83)23-75-16-25(2)51(91)68-56(75)93)11-8-66-34(79)20-72(9-6-64-26(3)77)36(81)5-4-27-17-76(70-69-27)18-32-48(98-53-40(63)45(88)43(86)31(14-58)95-53)46(89)54(96-32)99-49-41(84)28(59)12-29(60)47(49)97-52-39(62)44(87)42(85)30(13-57)94-52/h15-17,28-32,39-49,52-54,84-89H,4-14,18-23,57-60,62-63H2,1-3H3,(H2,61,78)(H,64,77)(H,65,80)(H,66,79)(H,67,90,92)(H,68,91,93)/t28-,29+,30-,31+,32-,39-,40-,41+,42-,43-,44-,45-,46-,47-,48-,49-,52-,53-,54+/m1/s1. The van der Waals surface area contributed by atoms with Gasteiger partial charge in [0.15, 0.2) is 18.9 Å². The van der Waals surface area contributed by atoms with Crippen molar-refractivity contribution >= 4 is 41.4 Å². The minimum atomic E-state index is -1.80. The minimum Gasteiger partial charge on any atom is -0.389 e. The number of rotatable bonds is 32. The van der Waals surface area contributed by atoms with Gasteiger partial charge in [-0.2, -0.15) is 0 Å². The van der Waals surface area contributed by atoms with E-state index in [1.165, 1.54) is 31.6 Å². The maximum Gasteiger partial charge on any atom is 0.328 e. The van der Waals surface area contributed by atoms with E-state index in [4.69, 9.17) is 68.6 Å². The second-order valence-corrected chi connectivity index (χ2v) is 24.5. The monoisotopic (exact) mass is 1410 g/mol. The molecule has 6 heterocycles. The Bertz CT molecular complexity index is 3530. The van der Waals surface area contributed by atoms with E-state index in [9.17, 15) is 83.4 Å². The van der Waals surface area contributed by atoms with E-state index in [1.54, 1.807) is 0 Å². The van der Waals surface area contributed by atoms with Crippen molar-refractivity contribution in [2.24, 2.45) is 40.1 Å². The SMILES string of the molecule is CC(=O)NCCN(CC(=O)NCCN(CC(=O)NCCN(CC(N)=O)C(=O)Cn1cc(C)c(=O)[nH]c1=O)C(=O)Cn1cc(C)c(=O)[nH]c1=O)C(=O)CCc1cn(C[C@H]2O[C@@H](O[C@@H]3[C@@H](O)[C@H](N)C[C@H](N)[C@H]3O[C@H]3O[C@H](CN)[C@@H](O)[C@H](O)[C@H]3N)[C@H](O)[C@@H]2O[C@H]2O[C@@H](CN)[C@@H](O)[C@H](O)[C@H]2N)nn1. The highest BCUT2D eigenvalue weighted by atomic mass is 16.8. The first-order valence-corrected chi connectivity index (χ1v) is 31.6. The van der Waals surface area contributed by atoms with Crippen molar-refractivity contribution in [1.82, 2.24) is 64.7 Å². The number of primary amides is 1. The molecule has 3 aromatic rings. The maximum atomic E-state index is 14.0. The Morgan fingerprint density at radius 2 is 1.04 bits per heavy atom. The summed E-state index contributed by atoms with van der Waals surface area (Å²) in [4.78, 5) is 148. The zero-order valence-electron chi connectivity index (χ0n) is 54.5. The molecular weight excluding hydrogens is 1320 g/mol.